The van der Waals surface area contributed by atoms with Crippen LogP contribution in [0.4, 0.5) is 9.52 Å². The summed E-state index contributed by atoms with van der Waals surface area (Å²) in [6.07, 6.45) is 1.35. The Morgan fingerprint density at radius 3 is 2.59 bits per heavy atom. The highest BCUT2D eigenvalue weighted by Crippen LogP contribution is 2.41. The number of nitriles is 1. The summed E-state index contributed by atoms with van der Waals surface area (Å²) >= 11 is 2.90. The summed E-state index contributed by atoms with van der Waals surface area (Å²) in [6.45, 7) is 5.04. The number of aromatic nitrogens is 1. The lowest BCUT2D eigenvalue weighted by Crippen LogP contribution is -2.71. The highest BCUT2D eigenvalue weighted by molar-refractivity contribution is 8.26. The van der Waals surface area contributed by atoms with E-state index in [4.69, 9.17) is 15.1 Å². The molecule has 8 rings (SSSR count). The Labute approximate surface area is 245 Å². The van der Waals surface area contributed by atoms with Gasteiger partial charge in [-0.25, -0.2) is 14.4 Å². The van der Waals surface area contributed by atoms with E-state index < -0.39 is 0 Å². The molecule has 1 amide bonds. The number of amides is 1. The molecular formula is C27H30FN9O2S2. The second kappa shape index (κ2) is 10.2. The van der Waals surface area contributed by atoms with Crippen LogP contribution in [0.2, 0.25) is 0 Å². The number of hydrogen-bond acceptors (Lipinski definition) is 12. The van der Waals surface area contributed by atoms with Gasteiger partial charge in [-0.2, -0.15) is 5.26 Å². The highest BCUT2D eigenvalue weighted by atomic mass is 32.2. The van der Waals surface area contributed by atoms with Gasteiger partial charge in [-0.1, -0.05) is 18.3 Å². The van der Waals surface area contributed by atoms with Gasteiger partial charge in [-0.3, -0.25) is 14.7 Å². The lowest BCUT2D eigenvalue weighted by molar-refractivity contribution is -0.148. The van der Waals surface area contributed by atoms with Crippen LogP contribution >= 0.6 is 23.1 Å². The minimum absolute atomic E-state index is 0.00667. The number of β-amino-alcohol motifs (C(OH)–C–C–N with tert-alkyl or cyclic N) is 1. The van der Waals surface area contributed by atoms with Crippen molar-refractivity contribution < 1.29 is 14.3 Å². The van der Waals surface area contributed by atoms with E-state index in [1.807, 2.05) is 17.0 Å². The minimum Gasteiger partial charge on any atom is -0.389 e. The molecule has 0 radical (unpaired) electrons. The molecule has 41 heavy (non-hydrogen) atoms. The van der Waals surface area contributed by atoms with Crippen LogP contribution in [0, 0.1) is 17.1 Å². The zero-order valence-corrected chi connectivity index (χ0v) is 24.4. The predicted molar refractivity (Wildman–Crippen MR) is 156 cm³/mol. The number of likely N-dealkylation sites (tertiary alicyclic amines) is 1. The van der Waals surface area contributed by atoms with Crippen LogP contribution in [0.25, 0.3) is 11.3 Å². The molecule has 1 N–H and O–H groups in total. The summed E-state index contributed by atoms with van der Waals surface area (Å²) in [6, 6.07) is 8.91. The third-order valence-corrected chi connectivity index (χ3v) is 10.6. The maximum absolute atomic E-state index is 13.5. The summed E-state index contributed by atoms with van der Waals surface area (Å²) in [7, 11) is 1.96. The third kappa shape index (κ3) is 4.55. The number of hydrazone groups is 1. The number of aliphatic hydroxyl groups is 1. The topological polar surface area (TPSA) is 115 Å². The number of halogens is 1. The number of benzene rings is 1. The molecule has 4 saturated heterocycles. The Morgan fingerprint density at radius 2 is 1.93 bits per heavy atom. The number of piperazine rings is 1. The number of aliphatic imine (C=N–C) groups is 1. The maximum Gasteiger partial charge on any atom is 0.236 e. The second-order valence-corrected chi connectivity index (χ2v) is 13.0. The molecule has 14 heteroatoms. The average Bonchev–Trinajstić information content (AvgIpc) is 3.67. The molecule has 2 aromatic rings. The normalized spacial score (nSPS) is 27.1. The van der Waals surface area contributed by atoms with Crippen molar-refractivity contribution in [2.24, 2.45) is 10.1 Å². The third-order valence-electron chi connectivity index (χ3n) is 8.54. The number of thiazole rings is 1. The number of fused-ring (bicyclic) bond motifs is 3. The van der Waals surface area contributed by atoms with Crippen LogP contribution < -0.4 is 4.90 Å². The molecule has 4 atom stereocenters. The number of likely N-dealkylation sites (N-methyl/N-ethyl adjacent to an activating group) is 1. The summed E-state index contributed by atoms with van der Waals surface area (Å²) in [5.41, 5.74) is 1.25. The Hall–Kier alpha value is -3.25. The standard InChI is InChI=1S/C27H30FN9O2S2/c1-3-20-24(33(2)25-31-23(21(9-29)40-25)15-4-6-16(28)7-5-15)37-26(30-20)41-27(32-37)35-10-17-8-18(11-35)36(17)14-22(39)34-12-19(38)13-34/h4-7,17-20,24,38H,3,8,10-14H2,1-2H3. The van der Waals surface area contributed by atoms with Gasteiger partial charge in [0.15, 0.2) is 15.5 Å². The lowest BCUT2D eigenvalue weighted by Gasteiger charge is -2.56. The van der Waals surface area contributed by atoms with Gasteiger partial charge in [-0.05, 0) is 48.9 Å². The number of thioether (sulfide) groups is 1. The Balaban J connectivity index is 1.06. The molecule has 7 heterocycles. The minimum atomic E-state index is -0.379. The zero-order valence-electron chi connectivity index (χ0n) is 22.7. The molecule has 2 bridgehead atoms. The smallest absolute Gasteiger partial charge is 0.236 e. The van der Waals surface area contributed by atoms with Crippen LogP contribution in [0.3, 0.4) is 0 Å². The van der Waals surface area contributed by atoms with Crippen molar-refractivity contribution in [3.63, 3.8) is 0 Å². The van der Waals surface area contributed by atoms with Crippen molar-refractivity contribution in [1.82, 2.24) is 24.7 Å². The van der Waals surface area contributed by atoms with E-state index in [-0.39, 0.29) is 30.0 Å². The lowest BCUT2D eigenvalue weighted by atomic mass is 9.87. The Morgan fingerprint density at radius 1 is 1.20 bits per heavy atom. The van der Waals surface area contributed by atoms with E-state index in [0.717, 1.165) is 36.3 Å². The van der Waals surface area contributed by atoms with Crippen molar-refractivity contribution in [3.8, 4) is 17.3 Å². The van der Waals surface area contributed by atoms with E-state index in [0.29, 0.717) is 53.0 Å². The van der Waals surface area contributed by atoms with Gasteiger partial charge < -0.3 is 19.8 Å². The van der Waals surface area contributed by atoms with Crippen LogP contribution in [0.5, 0.6) is 0 Å². The van der Waals surface area contributed by atoms with Crippen molar-refractivity contribution >= 4 is 44.5 Å². The first-order valence-corrected chi connectivity index (χ1v) is 15.5. The van der Waals surface area contributed by atoms with Crippen LogP contribution in [0.15, 0.2) is 34.4 Å². The number of aliphatic hydroxyl groups excluding tert-OH is 1. The molecule has 1 aromatic heterocycles. The monoisotopic (exact) mass is 595 g/mol. The number of anilines is 1. The largest absolute Gasteiger partial charge is 0.389 e. The first kappa shape index (κ1) is 26.6. The van der Waals surface area contributed by atoms with Gasteiger partial charge in [0, 0.05) is 50.9 Å². The van der Waals surface area contributed by atoms with Crippen LogP contribution in [0.1, 0.15) is 24.6 Å². The average molecular weight is 596 g/mol. The first-order valence-electron chi connectivity index (χ1n) is 13.8. The van der Waals surface area contributed by atoms with Gasteiger partial charge in [-0.15, -0.1) is 5.10 Å². The molecule has 6 aliphatic heterocycles. The van der Waals surface area contributed by atoms with E-state index in [1.54, 1.807) is 28.8 Å². The summed E-state index contributed by atoms with van der Waals surface area (Å²) in [5.74, 6) is -0.233. The van der Waals surface area contributed by atoms with Gasteiger partial charge in [0.2, 0.25) is 5.91 Å². The van der Waals surface area contributed by atoms with E-state index in [9.17, 15) is 19.6 Å². The summed E-state index contributed by atoms with van der Waals surface area (Å²) in [4.78, 5) is 31.2. The molecule has 11 nitrogen and oxygen atoms in total. The Kier molecular flexibility index (Phi) is 6.65. The first-order chi connectivity index (χ1) is 19.8. The van der Waals surface area contributed by atoms with Gasteiger partial charge in [0.1, 0.15) is 28.6 Å². The molecule has 4 unspecified atom stereocenters. The molecule has 0 saturated carbocycles. The van der Waals surface area contributed by atoms with Gasteiger partial charge in [0.05, 0.1) is 18.7 Å². The summed E-state index contributed by atoms with van der Waals surface area (Å²) < 4.78 is 13.5. The van der Waals surface area contributed by atoms with Crippen LogP contribution in [-0.4, -0.2) is 116 Å². The fourth-order valence-electron chi connectivity index (χ4n) is 6.23. The second-order valence-electron chi connectivity index (χ2n) is 11.1. The maximum atomic E-state index is 13.5. The van der Waals surface area contributed by atoms with Crippen molar-refractivity contribution in [1.29, 1.82) is 5.26 Å². The quantitative estimate of drug-likeness (QED) is 0.536. The van der Waals surface area contributed by atoms with Crippen molar-refractivity contribution in [3.05, 3.63) is 35.0 Å². The Bertz CT molecular complexity index is 1460. The molecule has 1 aromatic carbocycles. The van der Waals surface area contributed by atoms with Crippen molar-refractivity contribution in [2.45, 2.75) is 50.2 Å². The van der Waals surface area contributed by atoms with E-state index in [1.165, 1.54) is 23.5 Å². The van der Waals surface area contributed by atoms with Gasteiger partial charge >= 0.3 is 0 Å². The molecular weight excluding hydrogens is 565 g/mol. The molecule has 0 aliphatic carbocycles. The number of nitrogens with zero attached hydrogens (tertiary/aromatic N) is 9. The fourth-order valence-corrected chi connectivity index (χ4v) is 8.11. The van der Waals surface area contributed by atoms with Gasteiger partial charge in [0.25, 0.3) is 0 Å². The molecule has 6 aliphatic rings. The summed E-state index contributed by atoms with van der Waals surface area (Å²) in [5, 5.41) is 28.8. The van der Waals surface area contributed by atoms with E-state index in [2.05, 4.69) is 22.8 Å². The van der Waals surface area contributed by atoms with Crippen molar-refractivity contribution in [2.75, 3.05) is 44.7 Å². The predicted octanol–water partition coefficient (Wildman–Crippen LogP) is 2.01. The number of carbonyl (C=O) groups is 1. The fraction of sp³-hybridized carbons (Fsp3) is 0.519. The van der Waals surface area contributed by atoms with E-state index >= 15 is 0 Å². The zero-order chi connectivity index (χ0) is 28.4. The molecule has 214 valence electrons. The number of piperidine rings is 1. The number of amidine groups is 2. The molecule has 0 spiro atoms. The molecule has 4 fully saturated rings. The highest BCUT2D eigenvalue weighted by Gasteiger charge is 2.50. The van der Waals surface area contributed by atoms with Crippen LogP contribution in [-0.2, 0) is 4.79 Å². The number of rotatable bonds is 6. The number of hydrogen-bond donors (Lipinski definition) is 1. The SMILES string of the molecule is CCC1N=C2SC(N3CC4CC(C3)N4CC(=O)N3CC(O)C3)=NN2C1N(C)c1nc(-c2ccc(F)cc2)c(C#N)s1. The number of carbonyl (C=O) groups excluding carboxylic acids is 1.